The van der Waals surface area contributed by atoms with Crippen LogP contribution in [0.3, 0.4) is 0 Å². The number of anilines is 1. The number of aryl methyl sites for hydroxylation is 1. The molecule has 1 unspecified atom stereocenters. The van der Waals surface area contributed by atoms with E-state index in [1.54, 1.807) is 31.9 Å². The summed E-state index contributed by atoms with van der Waals surface area (Å²) in [6.45, 7) is 3.78. The average molecular weight is 225 g/mol. The van der Waals surface area contributed by atoms with Gasteiger partial charge in [0.2, 0.25) is 0 Å². The zero-order valence-electron chi connectivity index (χ0n) is 9.54. The van der Waals surface area contributed by atoms with Crippen molar-refractivity contribution >= 4 is 11.5 Å². The lowest BCUT2D eigenvalue weighted by atomic mass is 10.2. The first-order valence-electron chi connectivity index (χ1n) is 4.92. The Morgan fingerprint density at radius 1 is 1.69 bits per heavy atom. The minimum absolute atomic E-state index is 0.00852. The first-order chi connectivity index (χ1) is 7.41. The molecule has 1 rings (SSSR count). The molecule has 0 aliphatic carbocycles. The van der Waals surface area contributed by atoms with Crippen molar-refractivity contribution < 1.29 is 10.0 Å². The van der Waals surface area contributed by atoms with E-state index < -0.39 is 11.0 Å². The van der Waals surface area contributed by atoms with E-state index >= 15 is 0 Å². The minimum Gasteiger partial charge on any atom is -0.392 e. The molecule has 0 saturated heterocycles. The van der Waals surface area contributed by atoms with Gasteiger partial charge in [-0.15, -0.1) is 0 Å². The molecule has 0 bridgehead atoms. The molecule has 0 aliphatic rings. The van der Waals surface area contributed by atoms with Crippen LogP contribution in [0, 0.1) is 17.0 Å². The van der Waals surface area contributed by atoms with Crippen LogP contribution in [0.1, 0.15) is 12.5 Å². The Labute approximate surface area is 93.7 Å². The van der Waals surface area contributed by atoms with Gasteiger partial charge >= 0.3 is 0 Å². The Morgan fingerprint density at radius 3 is 2.75 bits per heavy atom. The molecule has 1 atom stereocenters. The van der Waals surface area contributed by atoms with Crippen LogP contribution in [-0.4, -0.2) is 34.7 Å². The number of nitro groups is 1. The Bertz CT molecular complexity index is 393. The summed E-state index contributed by atoms with van der Waals surface area (Å²) in [7, 11) is 1.78. The van der Waals surface area contributed by atoms with Crippen LogP contribution in [0.4, 0.5) is 11.5 Å². The van der Waals surface area contributed by atoms with Crippen molar-refractivity contribution in [2.45, 2.75) is 20.0 Å². The summed E-state index contributed by atoms with van der Waals surface area (Å²) in [6, 6.07) is 1.64. The molecule has 0 saturated carbocycles. The number of nitrogens with zero attached hydrogens (tertiary/aromatic N) is 3. The third-order valence-electron chi connectivity index (χ3n) is 2.19. The number of rotatable bonds is 4. The van der Waals surface area contributed by atoms with E-state index in [-0.39, 0.29) is 5.69 Å². The molecular formula is C10H15N3O3. The monoisotopic (exact) mass is 225 g/mol. The number of hydrogen-bond donors (Lipinski definition) is 1. The number of aliphatic hydroxyl groups excluding tert-OH is 1. The van der Waals surface area contributed by atoms with E-state index in [0.717, 1.165) is 0 Å². The van der Waals surface area contributed by atoms with E-state index in [2.05, 4.69) is 4.98 Å². The average Bonchev–Trinajstić information content (AvgIpc) is 2.15. The van der Waals surface area contributed by atoms with Crippen LogP contribution in [0.15, 0.2) is 12.3 Å². The van der Waals surface area contributed by atoms with E-state index in [9.17, 15) is 15.2 Å². The van der Waals surface area contributed by atoms with Crippen molar-refractivity contribution in [3.05, 3.63) is 27.9 Å². The Balaban J connectivity index is 2.92. The van der Waals surface area contributed by atoms with Crippen molar-refractivity contribution in [2.24, 2.45) is 0 Å². The maximum atomic E-state index is 10.6. The highest BCUT2D eigenvalue weighted by molar-refractivity contribution is 5.48. The molecule has 0 aromatic carbocycles. The molecule has 1 aromatic rings. The van der Waals surface area contributed by atoms with Gasteiger partial charge in [0.05, 0.1) is 11.0 Å². The van der Waals surface area contributed by atoms with E-state index in [1.165, 1.54) is 6.20 Å². The molecular weight excluding hydrogens is 210 g/mol. The van der Waals surface area contributed by atoms with Crippen LogP contribution in [0.2, 0.25) is 0 Å². The van der Waals surface area contributed by atoms with Gasteiger partial charge in [0, 0.05) is 19.2 Å². The summed E-state index contributed by atoms with van der Waals surface area (Å²) in [5.74, 6) is 0.615. The summed E-state index contributed by atoms with van der Waals surface area (Å²) in [6.07, 6.45) is 0.769. The molecule has 0 radical (unpaired) electrons. The minimum atomic E-state index is -0.470. The number of pyridine rings is 1. The van der Waals surface area contributed by atoms with Crippen LogP contribution in [-0.2, 0) is 0 Å². The van der Waals surface area contributed by atoms with Crippen molar-refractivity contribution in [2.75, 3.05) is 18.5 Å². The summed E-state index contributed by atoms with van der Waals surface area (Å²) < 4.78 is 0. The molecule has 1 N–H and O–H groups in total. The second-order valence-electron chi connectivity index (χ2n) is 3.82. The van der Waals surface area contributed by atoms with Gasteiger partial charge in [-0.3, -0.25) is 10.1 Å². The first kappa shape index (κ1) is 12.4. The van der Waals surface area contributed by atoms with Gasteiger partial charge in [0.25, 0.3) is 5.69 Å². The van der Waals surface area contributed by atoms with Gasteiger partial charge in [0.15, 0.2) is 0 Å². The molecule has 0 amide bonds. The van der Waals surface area contributed by atoms with E-state index in [0.29, 0.717) is 17.9 Å². The standard InChI is InChI=1S/C10H15N3O3/c1-7-4-10(12(3)6-8(2)14)11-5-9(7)13(15)16/h4-5,8,14H,6H2,1-3H3. The smallest absolute Gasteiger partial charge is 0.290 e. The van der Waals surface area contributed by atoms with Crippen LogP contribution < -0.4 is 4.90 Å². The van der Waals surface area contributed by atoms with Crippen molar-refractivity contribution in [3.63, 3.8) is 0 Å². The van der Waals surface area contributed by atoms with Crippen molar-refractivity contribution in [3.8, 4) is 0 Å². The van der Waals surface area contributed by atoms with Crippen LogP contribution in [0.5, 0.6) is 0 Å². The lowest BCUT2D eigenvalue weighted by molar-refractivity contribution is -0.385. The molecule has 1 heterocycles. The second-order valence-corrected chi connectivity index (χ2v) is 3.82. The zero-order valence-corrected chi connectivity index (χ0v) is 9.54. The Hall–Kier alpha value is -1.69. The molecule has 0 aliphatic heterocycles. The highest BCUT2D eigenvalue weighted by atomic mass is 16.6. The topological polar surface area (TPSA) is 79.5 Å². The summed E-state index contributed by atoms with van der Waals surface area (Å²) in [5.41, 5.74) is 0.571. The number of aliphatic hydroxyl groups is 1. The number of likely N-dealkylation sites (N-methyl/N-ethyl adjacent to an activating group) is 1. The highest BCUT2D eigenvalue weighted by Gasteiger charge is 2.13. The lowest BCUT2D eigenvalue weighted by Crippen LogP contribution is -2.27. The molecule has 6 nitrogen and oxygen atoms in total. The molecule has 88 valence electrons. The van der Waals surface area contributed by atoms with E-state index in [1.807, 2.05) is 0 Å². The normalized spacial score (nSPS) is 12.2. The van der Waals surface area contributed by atoms with Gasteiger partial charge in [-0.2, -0.15) is 0 Å². The lowest BCUT2D eigenvalue weighted by Gasteiger charge is -2.19. The SMILES string of the molecule is Cc1cc(N(C)CC(C)O)ncc1[N+](=O)[O-]. The highest BCUT2D eigenvalue weighted by Crippen LogP contribution is 2.20. The fourth-order valence-electron chi connectivity index (χ4n) is 1.42. The Morgan fingerprint density at radius 2 is 2.31 bits per heavy atom. The maximum Gasteiger partial charge on any atom is 0.290 e. The Kier molecular flexibility index (Phi) is 3.78. The van der Waals surface area contributed by atoms with Crippen molar-refractivity contribution in [1.29, 1.82) is 0 Å². The van der Waals surface area contributed by atoms with Gasteiger partial charge in [-0.1, -0.05) is 0 Å². The van der Waals surface area contributed by atoms with Crippen LogP contribution >= 0.6 is 0 Å². The second kappa shape index (κ2) is 4.89. The molecule has 16 heavy (non-hydrogen) atoms. The summed E-state index contributed by atoms with van der Waals surface area (Å²) in [5, 5.41) is 19.8. The largest absolute Gasteiger partial charge is 0.392 e. The summed E-state index contributed by atoms with van der Waals surface area (Å²) in [4.78, 5) is 15.9. The first-order valence-corrected chi connectivity index (χ1v) is 4.92. The summed E-state index contributed by atoms with van der Waals surface area (Å²) >= 11 is 0. The van der Waals surface area contributed by atoms with Crippen LogP contribution in [0.25, 0.3) is 0 Å². The fraction of sp³-hybridized carbons (Fsp3) is 0.500. The van der Waals surface area contributed by atoms with E-state index in [4.69, 9.17) is 0 Å². The van der Waals surface area contributed by atoms with Gasteiger partial charge in [0.1, 0.15) is 12.0 Å². The third-order valence-corrected chi connectivity index (χ3v) is 2.19. The number of aromatic nitrogens is 1. The maximum absolute atomic E-state index is 10.6. The van der Waals surface area contributed by atoms with Crippen molar-refractivity contribution in [1.82, 2.24) is 4.98 Å². The molecule has 0 spiro atoms. The van der Waals surface area contributed by atoms with Gasteiger partial charge < -0.3 is 10.0 Å². The quantitative estimate of drug-likeness (QED) is 0.613. The number of hydrogen-bond acceptors (Lipinski definition) is 5. The zero-order chi connectivity index (χ0) is 12.3. The van der Waals surface area contributed by atoms with Gasteiger partial charge in [-0.25, -0.2) is 4.98 Å². The molecule has 6 heteroatoms. The third kappa shape index (κ3) is 2.90. The molecule has 0 fully saturated rings. The predicted octanol–water partition coefficient (Wildman–Crippen LogP) is 1.12. The molecule has 1 aromatic heterocycles. The predicted molar refractivity (Wildman–Crippen MR) is 60.6 cm³/mol. The van der Waals surface area contributed by atoms with Gasteiger partial charge in [-0.05, 0) is 19.9 Å². The fourth-order valence-corrected chi connectivity index (χ4v) is 1.42.